The smallest absolute Gasteiger partial charge is 0.149 e. The normalized spacial score (nSPS) is 26.7. The maximum atomic E-state index is 15.3. The van der Waals surface area contributed by atoms with Crippen LogP contribution >= 0.6 is 0 Å². The molecule has 0 amide bonds. The average molecular weight is 433 g/mol. The van der Waals surface area contributed by atoms with Crippen LogP contribution < -0.4 is 10.1 Å². The third-order valence-electron chi connectivity index (χ3n) is 6.86. The highest BCUT2D eigenvalue weighted by Gasteiger charge is 2.42. The van der Waals surface area contributed by atoms with E-state index in [-0.39, 0.29) is 17.7 Å². The lowest BCUT2D eigenvalue weighted by molar-refractivity contribution is 0.0974. The molecule has 2 saturated heterocycles. The van der Waals surface area contributed by atoms with E-state index >= 15 is 4.39 Å². The topological polar surface area (TPSA) is 85.1 Å². The molecule has 0 unspecified atom stereocenters. The summed E-state index contributed by atoms with van der Waals surface area (Å²) in [6.45, 7) is 0.380. The fourth-order valence-corrected chi connectivity index (χ4v) is 5.28. The number of halogens is 1. The number of benzene rings is 1. The number of nitrogens with one attached hydrogen (secondary N) is 1. The number of fused-ring (bicyclic) bond motifs is 3. The van der Waals surface area contributed by atoms with Crippen molar-refractivity contribution >= 4 is 5.57 Å². The van der Waals surface area contributed by atoms with Crippen LogP contribution in [0.1, 0.15) is 31.4 Å². The Morgan fingerprint density at radius 1 is 1.19 bits per heavy atom. The molecule has 2 N–H and O–H groups in total. The minimum Gasteiger partial charge on any atom is -0.507 e. The molecule has 4 atom stereocenters. The minimum atomic E-state index is -0.940. The standard InChI is InChI=1S/C24H24FN5O2/c25-23-18(10-14-2-1-3-19(23)27-14)16-6-9-32-22-12-20(28-29-24(16)22)17-5-4-15(11-21(17)31)30-8-7-26-13-30/h4-8,11-14,18-19,23,27,31H,1-3,9-10H2/t14-,18-,19+,23+/m1/s1. The van der Waals surface area contributed by atoms with E-state index in [0.717, 1.165) is 36.9 Å². The van der Waals surface area contributed by atoms with Gasteiger partial charge in [0.15, 0.2) is 0 Å². The van der Waals surface area contributed by atoms with Gasteiger partial charge in [-0.05, 0) is 43.0 Å². The van der Waals surface area contributed by atoms with E-state index in [4.69, 9.17) is 4.74 Å². The van der Waals surface area contributed by atoms with Crippen molar-refractivity contribution in [1.82, 2.24) is 25.1 Å². The summed E-state index contributed by atoms with van der Waals surface area (Å²) in [4.78, 5) is 4.03. The molecule has 164 valence electrons. The van der Waals surface area contributed by atoms with Gasteiger partial charge in [0, 0.05) is 48.1 Å². The van der Waals surface area contributed by atoms with Crippen LogP contribution in [0.3, 0.4) is 0 Å². The second kappa shape index (κ2) is 7.70. The van der Waals surface area contributed by atoms with Gasteiger partial charge in [0.25, 0.3) is 0 Å². The Balaban J connectivity index is 1.31. The van der Waals surface area contributed by atoms with Gasteiger partial charge >= 0.3 is 0 Å². The number of rotatable bonds is 3. The fraction of sp³-hybridized carbons (Fsp3) is 0.375. The van der Waals surface area contributed by atoms with Crippen molar-refractivity contribution in [3.05, 3.63) is 54.8 Å². The SMILES string of the molecule is Oc1cc(-n2ccnc2)ccc1-c1cc2c(nn1)C([C@H]1C[C@H]3CCC[C@H](N3)[C@H]1F)=CCO2. The predicted octanol–water partition coefficient (Wildman–Crippen LogP) is 3.68. The van der Waals surface area contributed by atoms with Crippen LogP contribution in [0.4, 0.5) is 4.39 Å². The molecular weight excluding hydrogens is 409 g/mol. The third kappa shape index (κ3) is 3.26. The largest absolute Gasteiger partial charge is 0.507 e. The lowest BCUT2D eigenvalue weighted by atomic mass is 9.74. The Morgan fingerprint density at radius 3 is 2.97 bits per heavy atom. The third-order valence-corrected chi connectivity index (χ3v) is 6.86. The van der Waals surface area contributed by atoms with Crippen molar-refractivity contribution in [3.63, 3.8) is 0 Å². The van der Waals surface area contributed by atoms with Crippen molar-refractivity contribution in [2.75, 3.05) is 6.61 Å². The second-order valence-corrected chi connectivity index (χ2v) is 8.77. The van der Waals surface area contributed by atoms with E-state index in [1.54, 1.807) is 30.7 Å². The van der Waals surface area contributed by atoms with Gasteiger partial charge in [-0.3, -0.25) is 0 Å². The molecule has 3 aromatic rings. The Kier molecular flexibility index (Phi) is 4.68. The van der Waals surface area contributed by atoms with E-state index in [2.05, 4.69) is 20.5 Å². The van der Waals surface area contributed by atoms with Gasteiger partial charge in [-0.25, -0.2) is 9.37 Å². The molecular formula is C24H24FN5O2. The lowest BCUT2D eigenvalue weighted by Crippen LogP contribution is -2.55. The van der Waals surface area contributed by atoms with E-state index in [9.17, 15) is 5.11 Å². The van der Waals surface area contributed by atoms with Gasteiger partial charge in [0.2, 0.25) is 0 Å². The number of ether oxygens (including phenoxy) is 1. The van der Waals surface area contributed by atoms with Crippen LogP contribution in [0.15, 0.2) is 49.1 Å². The summed E-state index contributed by atoms with van der Waals surface area (Å²) >= 11 is 0. The number of aromatic hydroxyl groups is 1. The Morgan fingerprint density at radius 2 is 2.12 bits per heavy atom. The summed E-state index contributed by atoms with van der Waals surface area (Å²) in [5.41, 5.74) is 3.38. The van der Waals surface area contributed by atoms with E-state index in [1.807, 2.05) is 22.9 Å². The number of phenolic OH excluding ortho intramolecular Hbond substituents is 1. The summed E-state index contributed by atoms with van der Waals surface area (Å²) in [6.07, 6.45) is 9.99. The van der Waals surface area contributed by atoms with E-state index in [1.165, 1.54) is 0 Å². The van der Waals surface area contributed by atoms with Gasteiger partial charge in [-0.1, -0.05) is 6.42 Å². The van der Waals surface area contributed by atoms with E-state index < -0.39 is 6.17 Å². The number of allylic oxidation sites excluding steroid dienone is 1. The molecule has 6 rings (SSSR count). The molecule has 3 aliphatic heterocycles. The molecule has 0 aliphatic carbocycles. The number of phenols is 1. The van der Waals surface area contributed by atoms with Crippen LogP contribution in [-0.2, 0) is 0 Å². The van der Waals surface area contributed by atoms with Crippen molar-refractivity contribution in [1.29, 1.82) is 0 Å². The van der Waals surface area contributed by atoms with Crippen LogP contribution in [0.2, 0.25) is 0 Å². The number of imidazole rings is 1. The zero-order valence-electron chi connectivity index (χ0n) is 17.5. The molecule has 7 nitrogen and oxygen atoms in total. The molecule has 32 heavy (non-hydrogen) atoms. The van der Waals surface area contributed by atoms with Crippen molar-refractivity contribution in [2.45, 2.75) is 43.9 Å². The summed E-state index contributed by atoms with van der Waals surface area (Å²) in [6, 6.07) is 7.40. The maximum Gasteiger partial charge on any atom is 0.149 e. The van der Waals surface area contributed by atoms with Crippen molar-refractivity contribution in [2.24, 2.45) is 5.92 Å². The first kappa shape index (κ1) is 19.4. The molecule has 2 bridgehead atoms. The fourth-order valence-electron chi connectivity index (χ4n) is 5.28. The van der Waals surface area contributed by atoms with Gasteiger partial charge in [0.1, 0.15) is 35.7 Å². The minimum absolute atomic E-state index is 0.0853. The van der Waals surface area contributed by atoms with Crippen LogP contribution in [-0.4, -0.2) is 49.7 Å². The Hall–Kier alpha value is -3.26. The summed E-state index contributed by atoms with van der Waals surface area (Å²) in [5, 5.41) is 22.9. The molecule has 1 aromatic carbocycles. The molecule has 0 spiro atoms. The number of piperidine rings is 2. The first-order valence-corrected chi connectivity index (χ1v) is 11.1. The lowest BCUT2D eigenvalue weighted by Gasteiger charge is -2.44. The molecule has 0 radical (unpaired) electrons. The predicted molar refractivity (Wildman–Crippen MR) is 117 cm³/mol. The number of nitrogens with zero attached hydrogens (tertiary/aromatic N) is 4. The number of aromatic nitrogens is 4. The Bertz CT molecular complexity index is 1180. The van der Waals surface area contributed by atoms with Gasteiger partial charge in [-0.15, -0.1) is 10.2 Å². The van der Waals surface area contributed by atoms with Crippen LogP contribution in [0.25, 0.3) is 22.5 Å². The van der Waals surface area contributed by atoms with Gasteiger partial charge in [-0.2, -0.15) is 0 Å². The highest BCUT2D eigenvalue weighted by molar-refractivity contribution is 5.75. The van der Waals surface area contributed by atoms with Crippen molar-refractivity contribution < 1.29 is 14.2 Å². The highest BCUT2D eigenvalue weighted by atomic mass is 19.1. The number of hydrogen-bond acceptors (Lipinski definition) is 6. The summed E-state index contributed by atoms with van der Waals surface area (Å²) in [7, 11) is 0. The molecule has 3 aliphatic rings. The second-order valence-electron chi connectivity index (χ2n) is 8.77. The monoisotopic (exact) mass is 433 g/mol. The van der Waals surface area contributed by atoms with Crippen LogP contribution in [0.5, 0.6) is 11.5 Å². The molecule has 2 fully saturated rings. The number of alkyl halides is 1. The summed E-state index contributed by atoms with van der Waals surface area (Å²) < 4.78 is 23.0. The Labute approximate surface area is 185 Å². The van der Waals surface area contributed by atoms with Gasteiger partial charge < -0.3 is 19.7 Å². The molecule has 8 heteroatoms. The van der Waals surface area contributed by atoms with Crippen LogP contribution in [0, 0.1) is 5.92 Å². The van der Waals surface area contributed by atoms with Crippen molar-refractivity contribution in [3.8, 4) is 28.4 Å². The quantitative estimate of drug-likeness (QED) is 0.656. The number of hydrogen-bond donors (Lipinski definition) is 2. The zero-order chi connectivity index (χ0) is 21.7. The summed E-state index contributed by atoms with van der Waals surface area (Å²) in [5.74, 6) is 0.478. The first-order chi connectivity index (χ1) is 15.7. The molecule has 0 saturated carbocycles. The molecule has 2 aromatic heterocycles. The van der Waals surface area contributed by atoms with Gasteiger partial charge in [0.05, 0.1) is 12.0 Å². The zero-order valence-corrected chi connectivity index (χ0v) is 17.5. The maximum absolute atomic E-state index is 15.3. The highest BCUT2D eigenvalue weighted by Crippen LogP contribution is 2.43. The first-order valence-electron chi connectivity index (χ1n) is 11.1. The van der Waals surface area contributed by atoms with E-state index in [0.29, 0.717) is 35.3 Å². The average Bonchev–Trinajstić information content (AvgIpc) is 3.36. The molecule has 5 heterocycles.